The summed E-state index contributed by atoms with van der Waals surface area (Å²) < 4.78 is 169. The molecule has 28 heteroatoms. The van der Waals surface area contributed by atoms with Crippen molar-refractivity contribution >= 4 is 71.9 Å². The molecule has 0 fully saturated rings. The minimum atomic E-state index is -5.20. The van der Waals surface area contributed by atoms with Crippen LogP contribution in [-0.4, -0.2) is 82.0 Å². The van der Waals surface area contributed by atoms with E-state index < -0.39 is 133 Å². The number of ether oxygens (including phenoxy) is 1. The fraction of sp³-hybridized carbons (Fsp3) is 0.432. The lowest BCUT2D eigenvalue weighted by atomic mass is 9.93. The zero-order valence-electron chi connectivity index (χ0n) is 38.7. The molecule has 3 heterocycles. The highest BCUT2D eigenvalue weighted by Gasteiger charge is 2.53. The number of halogens is 11. The number of aromatic nitrogens is 5. The highest BCUT2D eigenvalue weighted by Crippen LogP contribution is 2.52. The predicted octanol–water partition coefficient (Wildman–Crippen LogP) is 11.1. The Morgan fingerprint density at radius 3 is 2.22 bits per heavy atom. The topological polar surface area (TPSA) is 174 Å². The van der Waals surface area contributed by atoms with E-state index >= 15 is 8.78 Å². The number of rotatable bonds is 15. The number of thioether (sulfide) groups is 1. The van der Waals surface area contributed by atoms with Crippen molar-refractivity contribution in [1.82, 2.24) is 29.9 Å². The molecule has 5 aromatic rings. The molecule has 1 aliphatic rings. The molecule has 3 unspecified atom stereocenters. The second kappa shape index (κ2) is 21.1. The monoisotopic (exact) mass is 1100 g/mol. The fourth-order valence-electron chi connectivity index (χ4n) is 7.85. The van der Waals surface area contributed by atoms with Crippen molar-refractivity contribution in [1.29, 1.82) is 0 Å². The molecular formula is C44H43ClF10N7O7PS2. The van der Waals surface area contributed by atoms with Crippen molar-refractivity contribution in [2.24, 2.45) is 0 Å². The van der Waals surface area contributed by atoms with Crippen LogP contribution in [0.4, 0.5) is 54.5 Å². The Morgan fingerprint density at radius 1 is 1.00 bits per heavy atom. The molecule has 0 saturated carbocycles. The standard InChI is InChI=1S/C44H43ClF10N7O7PS2/c1-21-18-42(48,49)38-33(21)37(44(53,54)55)58-60(38)19-32(63)57-31(16-24-14-25(46)17-26(47)15-24)35-28(9-8-27(56-35)12-13-41(4,5)71-6)29-10-11-30(45)34-36(29)61(20-43(50,51)52)59-39(34)62(72-7)40(64)68-22(2)23(3)69-70(65,66)67/h8-11,14-15,17,21-23,31H,16,18-20H2,1-7H3,(H,57,63)(H2,65,66,67)/t21-,22?,23?,31?/m0/s1. The number of carbonyl (C=O) groups is 2. The first-order valence-corrected chi connectivity index (χ1v) is 25.5. The minimum absolute atomic E-state index is 0.0223. The first-order chi connectivity index (χ1) is 33.2. The number of carbonyl (C=O) groups excluding carboxylic acids is 2. The number of amides is 2. The predicted molar refractivity (Wildman–Crippen MR) is 248 cm³/mol. The van der Waals surface area contributed by atoms with Gasteiger partial charge in [-0.15, -0.1) is 11.8 Å². The van der Waals surface area contributed by atoms with E-state index in [-0.39, 0.29) is 43.2 Å². The van der Waals surface area contributed by atoms with Gasteiger partial charge in [-0.25, -0.2) is 23.1 Å². The third-order valence-electron chi connectivity index (χ3n) is 11.1. The molecule has 2 aromatic carbocycles. The maximum atomic E-state index is 15.4. The zero-order valence-corrected chi connectivity index (χ0v) is 42.0. The Balaban J connectivity index is 1.59. The lowest BCUT2D eigenvalue weighted by Gasteiger charge is -2.24. The second-order valence-corrected chi connectivity index (χ2v) is 20.8. The van der Waals surface area contributed by atoms with E-state index in [0.717, 1.165) is 19.1 Å². The van der Waals surface area contributed by atoms with Gasteiger partial charge in [0, 0.05) is 35.4 Å². The maximum Gasteiger partial charge on any atom is 0.469 e. The van der Waals surface area contributed by atoms with Gasteiger partial charge in [-0.2, -0.15) is 49.6 Å². The summed E-state index contributed by atoms with van der Waals surface area (Å²) in [5, 5.41) is 9.48. The maximum absolute atomic E-state index is 15.4. The largest absolute Gasteiger partial charge is 0.469 e. The minimum Gasteiger partial charge on any atom is -0.443 e. The van der Waals surface area contributed by atoms with E-state index in [1.54, 1.807) is 20.1 Å². The van der Waals surface area contributed by atoms with Crippen LogP contribution in [0.25, 0.3) is 22.0 Å². The number of hydrogen-bond donors (Lipinski definition) is 3. The van der Waals surface area contributed by atoms with E-state index in [9.17, 15) is 59.1 Å². The molecule has 3 aromatic heterocycles. The van der Waals surface area contributed by atoms with Crippen LogP contribution in [0.2, 0.25) is 5.02 Å². The van der Waals surface area contributed by atoms with Crippen molar-refractivity contribution in [3.63, 3.8) is 0 Å². The van der Waals surface area contributed by atoms with Crippen molar-refractivity contribution in [3.8, 4) is 23.0 Å². The molecule has 14 nitrogen and oxygen atoms in total. The van der Waals surface area contributed by atoms with Gasteiger partial charge in [0.1, 0.15) is 48.3 Å². The second-order valence-electron chi connectivity index (χ2n) is 17.1. The molecule has 72 heavy (non-hydrogen) atoms. The highest BCUT2D eigenvalue weighted by molar-refractivity contribution is 8.00. The van der Waals surface area contributed by atoms with Gasteiger partial charge in [0.25, 0.3) is 5.92 Å². The molecule has 3 N–H and O–H groups in total. The molecule has 1 aliphatic carbocycles. The number of phosphoric acid groups is 1. The molecular weight excluding hydrogens is 1060 g/mol. The quantitative estimate of drug-likeness (QED) is 0.0392. The first kappa shape index (κ1) is 56.3. The van der Waals surface area contributed by atoms with Gasteiger partial charge < -0.3 is 19.8 Å². The van der Waals surface area contributed by atoms with Gasteiger partial charge in [-0.1, -0.05) is 30.5 Å². The number of anilines is 1. The van der Waals surface area contributed by atoms with Gasteiger partial charge in [0.05, 0.1) is 32.4 Å². The number of hydrogen-bond acceptors (Lipinski definition) is 10. The molecule has 4 atom stereocenters. The third kappa shape index (κ3) is 13.0. The van der Waals surface area contributed by atoms with E-state index in [1.165, 1.54) is 56.1 Å². The normalized spacial score (nSPS) is 16.2. The molecule has 0 radical (unpaired) electrons. The van der Waals surface area contributed by atoms with E-state index in [2.05, 4.69) is 31.9 Å². The number of alkyl halides is 8. The number of nitrogens with one attached hydrogen (secondary N) is 1. The highest BCUT2D eigenvalue weighted by atomic mass is 35.5. The number of benzene rings is 2. The summed E-state index contributed by atoms with van der Waals surface area (Å²) >= 11 is 8.67. The Morgan fingerprint density at radius 2 is 1.64 bits per heavy atom. The Labute approximate surface area is 417 Å². The van der Waals surface area contributed by atoms with Gasteiger partial charge in [0.15, 0.2) is 11.5 Å². The van der Waals surface area contributed by atoms with Crippen LogP contribution >= 0.6 is 43.1 Å². The summed E-state index contributed by atoms with van der Waals surface area (Å²) in [5.74, 6) is -3.21. The average molecular weight is 1100 g/mol. The van der Waals surface area contributed by atoms with Crippen LogP contribution in [0.1, 0.15) is 86.9 Å². The summed E-state index contributed by atoms with van der Waals surface area (Å²) in [7, 11) is -5.08. The van der Waals surface area contributed by atoms with Crippen LogP contribution in [-0.2, 0) is 50.2 Å². The Bertz CT molecular complexity index is 2990. The zero-order chi connectivity index (χ0) is 53.6. The van der Waals surface area contributed by atoms with Crippen LogP contribution in [0, 0.1) is 23.5 Å². The lowest BCUT2D eigenvalue weighted by molar-refractivity contribution is -0.143. The molecule has 0 bridgehead atoms. The van der Waals surface area contributed by atoms with Crippen LogP contribution in [0.5, 0.6) is 0 Å². The van der Waals surface area contributed by atoms with Crippen molar-refractivity contribution < 1.29 is 77.1 Å². The number of phosphoric ester groups is 1. The van der Waals surface area contributed by atoms with Crippen LogP contribution in [0.3, 0.4) is 0 Å². The van der Waals surface area contributed by atoms with Gasteiger partial charge in [0.2, 0.25) is 5.91 Å². The van der Waals surface area contributed by atoms with Crippen molar-refractivity contribution in [2.45, 2.75) is 108 Å². The lowest BCUT2D eigenvalue weighted by Crippen LogP contribution is -2.35. The van der Waals surface area contributed by atoms with Crippen LogP contribution < -0.4 is 9.62 Å². The summed E-state index contributed by atoms with van der Waals surface area (Å²) in [4.78, 5) is 51.1. The van der Waals surface area contributed by atoms with E-state index in [0.29, 0.717) is 27.0 Å². The van der Waals surface area contributed by atoms with Crippen molar-refractivity contribution in [2.75, 3.05) is 16.8 Å². The van der Waals surface area contributed by atoms with Crippen molar-refractivity contribution in [3.05, 3.63) is 93.0 Å². The summed E-state index contributed by atoms with van der Waals surface area (Å²) in [6.45, 7) is 4.02. The van der Waals surface area contributed by atoms with Crippen LogP contribution in [0.15, 0.2) is 42.5 Å². The average Bonchev–Trinajstić information content (AvgIpc) is 3.89. The molecule has 0 saturated heterocycles. The Hall–Kier alpha value is -5.03. The van der Waals surface area contributed by atoms with Gasteiger partial charge >= 0.3 is 26.3 Å². The summed E-state index contributed by atoms with van der Waals surface area (Å²) in [5.41, 5.74) is -4.74. The molecule has 2 amide bonds. The molecule has 390 valence electrons. The number of nitrogens with zero attached hydrogens (tertiary/aromatic N) is 6. The van der Waals surface area contributed by atoms with Gasteiger partial charge in [-0.3, -0.25) is 18.7 Å². The number of pyridine rings is 1. The van der Waals surface area contributed by atoms with Gasteiger partial charge in [-0.05, 0) is 100 Å². The SMILES string of the molecule is CSN(C(=O)OC(C)C(C)OP(=O)(O)O)c1nn(CC(F)(F)F)c2c(-c3ccc(C#CC(C)(C)SC)nc3C(Cc3cc(F)cc(F)c3)NC(=O)Cn3nc(C(F)(F)F)c4c3C(F)(F)C[C@@H]4C)ccc(Cl)c12. The molecule has 0 spiro atoms. The summed E-state index contributed by atoms with van der Waals surface area (Å²) in [6, 6.07) is 5.81. The smallest absolute Gasteiger partial charge is 0.443 e. The van der Waals surface area contributed by atoms with E-state index in [1.807, 2.05) is 0 Å². The number of fused-ring (bicyclic) bond motifs is 2. The fourth-order valence-corrected chi connectivity index (χ4v) is 9.34. The van der Waals surface area contributed by atoms with E-state index in [4.69, 9.17) is 21.3 Å². The third-order valence-corrected chi connectivity index (χ3v) is 13.9. The summed E-state index contributed by atoms with van der Waals surface area (Å²) in [6.07, 6.45) is -12.8. The Kier molecular flexibility index (Phi) is 16.5. The molecule has 0 aliphatic heterocycles. The first-order valence-electron chi connectivity index (χ1n) is 21.2. The molecule has 6 rings (SSSR count).